The highest BCUT2D eigenvalue weighted by atomic mass is 35.5. The lowest BCUT2D eigenvalue weighted by Gasteiger charge is -2.12. The number of benzene rings is 2. The summed E-state index contributed by atoms with van der Waals surface area (Å²) >= 11 is 12.5. The molecule has 0 atom stereocenters. The number of hydrogen-bond donors (Lipinski definition) is 2. The zero-order chi connectivity index (χ0) is 20.4. The molecule has 9 heteroatoms. The highest BCUT2D eigenvalue weighted by molar-refractivity contribution is 8.18. The van der Waals surface area contributed by atoms with Gasteiger partial charge in [0.05, 0.1) is 15.0 Å². The molecule has 0 aliphatic carbocycles. The normalized spacial score (nSPS) is 15.4. The molecular formula is C19H14Cl2N2O4S. The minimum Gasteiger partial charge on any atom is -0.505 e. The third-order valence-corrected chi connectivity index (χ3v) is 5.30. The summed E-state index contributed by atoms with van der Waals surface area (Å²) in [6, 6.07) is 10.0. The number of hydrogen-bond acceptors (Lipinski definition) is 5. The van der Waals surface area contributed by atoms with Crippen LogP contribution >= 0.6 is 35.0 Å². The molecule has 1 aliphatic rings. The van der Waals surface area contributed by atoms with Gasteiger partial charge >= 0.3 is 0 Å². The Morgan fingerprint density at radius 2 is 1.89 bits per heavy atom. The average Bonchev–Trinajstić information content (AvgIpc) is 2.87. The number of anilines is 1. The van der Waals surface area contributed by atoms with Crippen molar-refractivity contribution in [2.24, 2.45) is 0 Å². The Hall–Kier alpha value is -2.48. The van der Waals surface area contributed by atoms with Crippen LogP contribution in [-0.4, -0.2) is 33.6 Å². The van der Waals surface area contributed by atoms with E-state index in [1.165, 1.54) is 18.2 Å². The first-order valence-electron chi connectivity index (χ1n) is 8.04. The van der Waals surface area contributed by atoms with Crippen molar-refractivity contribution >= 4 is 63.8 Å². The van der Waals surface area contributed by atoms with E-state index in [2.05, 4.69) is 5.32 Å². The Balaban J connectivity index is 1.73. The summed E-state index contributed by atoms with van der Waals surface area (Å²) in [4.78, 5) is 37.9. The van der Waals surface area contributed by atoms with Gasteiger partial charge in [-0.2, -0.15) is 0 Å². The zero-order valence-electron chi connectivity index (χ0n) is 14.5. The fraction of sp³-hybridized carbons (Fsp3) is 0.105. The van der Waals surface area contributed by atoms with Gasteiger partial charge in [0.15, 0.2) is 5.75 Å². The van der Waals surface area contributed by atoms with Crippen LogP contribution in [0, 0.1) is 6.92 Å². The van der Waals surface area contributed by atoms with Crippen molar-refractivity contribution < 1.29 is 19.5 Å². The Labute approximate surface area is 175 Å². The van der Waals surface area contributed by atoms with E-state index in [0.29, 0.717) is 23.0 Å². The maximum absolute atomic E-state index is 12.5. The van der Waals surface area contributed by atoms with Crippen molar-refractivity contribution in [3.05, 3.63) is 62.5 Å². The lowest BCUT2D eigenvalue weighted by Crippen LogP contribution is -2.36. The molecule has 1 saturated heterocycles. The van der Waals surface area contributed by atoms with E-state index >= 15 is 0 Å². The first kappa shape index (κ1) is 20.3. The Morgan fingerprint density at radius 3 is 2.54 bits per heavy atom. The summed E-state index contributed by atoms with van der Waals surface area (Å²) in [5, 5.41) is 11.8. The van der Waals surface area contributed by atoms with Gasteiger partial charge in [-0.3, -0.25) is 19.3 Å². The molecule has 28 heavy (non-hydrogen) atoms. The van der Waals surface area contributed by atoms with Crippen LogP contribution in [0.5, 0.6) is 5.75 Å². The van der Waals surface area contributed by atoms with Gasteiger partial charge in [-0.25, -0.2) is 0 Å². The van der Waals surface area contributed by atoms with Crippen LogP contribution in [0.15, 0.2) is 41.3 Å². The first-order valence-corrected chi connectivity index (χ1v) is 9.62. The van der Waals surface area contributed by atoms with Crippen LogP contribution in [-0.2, 0) is 9.59 Å². The van der Waals surface area contributed by atoms with Crippen molar-refractivity contribution in [3.8, 4) is 5.75 Å². The first-order chi connectivity index (χ1) is 13.2. The van der Waals surface area contributed by atoms with Crippen LogP contribution in [0.3, 0.4) is 0 Å². The monoisotopic (exact) mass is 436 g/mol. The molecule has 2 aromatic rings. The molecule has 1 fully saturated rings. The molecule has 2 N–H and O–H groups in total. The predicted molar refractivity (Wildman–Crippen MR) is 111 cm³/mol. The van der Waals surface area contributed by atoms with Crippen LogP contribution in [0.25, 0.3) is 6.08 Å². The van der Waals surface area contributed by atoms with E-state index in [-0.39, 0.29) is 20.7 Å². The number of aryl methyl sites for hydroxylation is 1. The van der Waals surface area contributed by atoms with Gasteiger partial charge in [-0.15, -0.1) is 0 Å². The average molecular weight is 437 g/mol. The molecule has 1 aliphatic heterocycles. The number of nitrogens with one attached hydrogen (secondary N) is 1. The second-order valence-corrected chi connectivity index (χ2v) is 7.83. The van der Waals surface area contributed by atoms with Crippen molar-refractivity contribution in [2.75, 3.05) is 11.9 Å². The minimum atomic E-state index is -0.588. The highest BCUT2D eigenvalue weighted by Crippen LogP contribution is 2.36. The van der Waals surface area contributed by atoms with Gasteiger partial charge in [0.25, 0.3) is 11.1 Å². The molecule has 144 valence electrons. The van der Waals surface area contributed by atoms with E-state index in [1.807, 2.05) is 13.0 Å². The van der Waals surface area contributed by atoms with Crippen molar-refractivity contribution in [1.82, 2.24) is 4.90 Å². The van der Waals surface area contributed by atoms with Gasteiger partial charge in [0.2, 0.25) is 5.91 Å². The molecular weight excluding hydrogens is 423 g/mol. The van der Waals surface area contributed by atoms with Gasteiger partial charge in [-0.05, 0) is 60.2 Å². The SMILES string of the molecule is Cc1cccc(NC(=O)CN2C(=O)SC(=Cc3cc(Cl)c(O)c(Cl)c3)C2=O)c1. The number of thioether (sulfide) groups is 1. The molecule has 0 radical (unpaired) electrons. The van der Waals surface area contributed by atoms with Crippen LogP contribution in [0.2, 0.25) is 10.0 Å². The molecule has 0 unspecified atom stereocenters. The third kappa shape index (κ3) is 4.49. The number of carbonyl (C=O) groups is 3. The third-order valence-electron chi connectivity index (χ3n) is 3.81. The molecule has 2 aromatic carbocycles. The maximum Gasteiger partial charge on any atom is 0.294 e. The molecule has 1 heterocycles. The standard InChI is InChI=1S/C19H14Cl2N2O4S/c1-10-3-2-4-12(5-10)22-16(24)9-23-18(26)15(28-19(23)27)8-11-6-13(20)17(25)14(21)7-11/h2-8,25H,9H2,1H3,(H,22,24). The lowest BCUT2D eigenvalue weighted by atomic mass is 10.2. The van der Waals surface area contributed by atoms with Crippen LogP contribution in [0.1, 0.15) is 11.1 Å². The van der Waals surface area contributed by atoms with Gasteiger partial charge < -0.3 is 10.4 Å². The predicted octanol–water partition coefficient (Wildman–Crippen LogP) is 4.68. The van der Waals surface area contributed by atoms with E-state index in [9.17, 15) is 19.5 Å². The van der Waals surface area contributed by atoms with Gasteiger partial charge in [0.1, 0.15) is 6.54 Å². The van der Waals surface area contributed by atoms with Crippen molar-refractivity contribution in [2.45, 2.75) is 6.92 Å². The Bertz CT molecular complexity index is 1000. The number of imide groups is 1. The summed E-state index contributed by atoms with van der Waals surface area (Å²) in [6.07, 6.45) is 1.43. The summed E-state index contributed by atoms with van der Waals surface area (Å²) in [5.74, 6) is -1.33. The summed E-state index contributed by atoms with van der Waals surface area (Å²) in [5.41, 5.74) is 2.00. The number of rotatable bonds is 4. The van der Waals surface area contributed by atoms with E-state index in [1.54, 1.807) is 18.2 Å². The van der Waals surface area contributed by atoms with E-state index in [4.69, 9.17) is 23.2 Å². The molecule has 0 saturated carbocycles. The molecule has 6 nitrogen and oxygen atoms in total. The summed E-state index contributed by atoms with van der Waals surface area (Å²) in [6.45, 7) is 1.49. The van der Waals surface area contributed by atoms with E-state index < -0.39 is 23.6 Å². The van der Waals surface area contributed by atoms with Crippen LogP contribution in [0.4, 0.5) is 10.5 Å². The Morgan fingerprint density at radius 1 is 1.21 bits per heavy atom. The molecule has 0 bridgehead atoms. The maximum atomic E-state index is 12.5. The topological polar surface area (TPSA) is 86.7 Å². The fourth-order valence-electron chi connectivity index (χ4n) is 2.52. The fourth-order valence-corrected chi connectivity index (χ4v) is 3.87. The largest absolute Gasteiger partial charge is 0.505 e. The minimum absolute atomic E-state index is 0.0236. The van der Waals surface area contributed by atoms with Gasteiger partial charge in [-0.1, -0.05) is 35.3 Å². The molecule has 3 amide bonds. The van der Waals surface area contributed by atoms with Gasteiger partial charge in [0, 0.05) is 5.69 Å². The Kier molecular flexibility index (Phi) is 5.98. The highest BCUT2D eigenvalue weighted by Gasteiger charge is 2.36. The molecule has 0 aromatic heterocycles. The summed E-state index contributed by atoms with van der Waals surface area (Å²) < 4.78 is 0. The van der Waals surface area contributed by atoms with E-state index in [0.717, 1.165) is 10.5 Å². The molecule has 3 rings (SSSR count). The smallest absolute Gasteiger partial charge is 0.294 e. The summed E-state index contributed by atoms with van der Waals surface area (Å²) in [7, 11) is 0. The zero-order valence-corrected chi connectivity index (χ0v) is 16.9. The lowest BCUT2D eigenvalue weighted by molar-refractivity contribution is -0.127. The second-order valence-electron chi connectivity index (χ2n) is 6.02. The van der Waals surface area contributed by atoms with Crippen LogP contribution < -0.4 is 5.32 Å². The number of halogens is 2. The second kappa shape index (κ2) is 8.26. The quantitative estimate of drug-likeness (QED) is 0.679. The number of carbonyl (C=O) groups excluding carboxylic acids is 3. The number of phenolic OH excluding ortho intramolecular Hbond substituents is 1. The van der Waals surface area contributed by atoms with Crippen molar-refractivity contribution in [3.63, 3.8) is 0 Å². The molecule has 0 spiro atoms. The number of phenols is 1. The number of amides is 3. The number of nitrogens with zero attached hydrogens (tertiary/aromatic N) is 1. The number of aromatic hydroxyl groups is 1. The van der Waals surface area contributed by atoms with Crippen molar-refractivity contribution in [1.29, 1.82) is 0 Å².